The average molecular weight is 311 g/mol. The van der Waals surface area contributed by atoms with Gasteiger partial charge in [0.1, 0.15) is 11.6 Å². The van der Waals surface area contributed by atoms with Crippen molar-refractivity contribution in [3.63, 3.8) is 0 Å². The van der Waals surface area contributed by atoms with Gasteiger partial charge in [-0.3, -0.25) is 4.79 Å². The van der Waals surface area contributed by atoms with E-state index in [1.165, 1.54) is 12.8 Å². The van der Waals surface area contributed by atoms with E-state index in [1.807, 2.05) is 31.2 Å². The molecule has 0 saturated carbocycles. The molecule has 3 rings (SSSR count). The molecule has 1 aliphatic rings. The summed E-state index contributed by atoms with van der Waals surface area (Å²) in [6.07, 6.45) is 2.43. The second-order valence-electron chi connectivity index (χ2n) is 5.65. The molecule has 0 atom stereocenters. The van der Waals surface area contributed by atoms with Gasteiger partial charge in [-0.05, 0) is 44.0 Å². The zero-order valence-corrected chi connectivity index (χ0v) is 13.5. The lowest BCUT2D eigenvalue weighted by molar-refractivity contribution is 0.102. The maximum absolute atomic E-state index is 12.5. The summed E-state index contributed by atoms with van der Waals surface area (Å²) in [6.45, 7) is 4.02. The number of anilines is 2. The quantitative estimate of drug-likeness (QED) is 0.941. The standard InChI is InChI=1S/C18H21N3O2/c1-13-15(9-10-17(19-13)21-11-5-6-12-21)20-18(22)14-7-3-4-8-16(14)23-2/h3-4,7-10H,5-6,11-12H2,1-2H3,(H,20,22). The highest BCUT2D eigenvalue weighted by molar-refractivity contribution is 6.06. The molecule has 5 nitrogen and oxygen atoms in total. The number of hydrogen-bond donors (Lipinski definition) is 1. The van der Waals surface area contributed by atoms with Crippen LogP contribution in [0.3, 0.4) is 0 Å². The number of amides is 1. The molecular formula is C18H21N3O2. The number of carbonyl (C=O) groups is 1. The molecule has 1 aromatic carbocycles. The van der Waals surface area contributed by atoms with Crippen molar-refractivity contribution in [2.24, 2.45) is 0 Å². The van der Waals surface area contributed by atoms with Gasteiger partial charge >= 0.3 is 0 Å². The van der Waals surface area contributed by atoms with Gasteiger partial charge in [0.15, 0.2) is 0 Å². The van der Waals surface area contributed by atoms with Crippen molar-refractivity contribution in [1.82, 2.24) is 4.98 Å². The Balaban J connectivity index is 1.78. The third-order valence-electron chi connectivity index (χ3n) is 4.10. The van der Waals surface area contributed by atoms with E-state index in [0.717, 1.165) is 30.3 Å². The summed E-state index contributed by atoms with van der Waals surface area (Å²) in [5.74, 6) is 1.35. The Morgan fingerprint density at radius 1 is 1.17 bits per heavy atom. The fourth-order valence-corrected chi connectivity index (χ4v) is 2.82. The minimum atomic E-state index is -0.193. The molecule has 23 heavy (non-hydrogen) atoms. The minimum absolute atomic E-state index is 0.193. The summed E-state index contributed by atoms with van der Waals surface area (Å²) >= 11 is 0. The van der Waals surface area contributed by atoms with Gasteiger partial charge in [0.05, 0.1) is 24.1 Å². The Morgan fingerprint density at radius 2 is 1.91 bits per heavy atom. The highest BCUT2D eigenvalue weighted by Crippen LogP contribution is 2.24. The largest absolute Gasteiger partial charge is 0.496 e. The van der Waals surface area contributed by atoms with Crippen LogP contribution in [0, 0.1) is 6.92 Å². The van der Waals surface area contributed by atoms with E-state index in [-0.39, 0.29) is 5.91 Å². The number of nitrogens with one attached hydrogen (secondary N) is 1. The third-order valence-corrected chi connectivity index (χ3v) is 4.10. The highest BCUT2D eigenvalue weighted by Gasteiger charge is 2.16. The Morgan fingerprint density at radius 3 is 2.61 bits per heavy atom. The first kappa shape index (κ1) is 15.3. The molecule has 1 saturated heterocycles. The molecule has 5 heteroatoms. The number of ether oxygens (including phenoxy) is 1. The molecule has 1 aromatic heterocycles. The zero-order chi connectivity index (χ0) is 16.2. The van der Waals surface area contributed by atoms with Gasteiger partial charge in [0.25, 0.3) is 5.91 Å². The van der Waals surface area contributed by atoms with Crippen molar-refractivity contribution in [1.29, 1.82) is 0 Å². The van der Waals surface area contributed by atoms with Crippen LogP contribution in [0.15, 0.2) is 36.4 Å². The summed E-state index contributed by atoms with van der Waals surface area (Å²) in [5, 5.41) is 2.92. The number of aryl methyl sites for hydroxylation is 1. The molecule has 2 aromatic rings. The molecule has 1 amide bonds. The number of para-hydroxylation sites is 1. The maximum Gasteiger partial charge on any atom is 0.259 e. The van der Waals surface area contributed by atoms with Gasteiger partial charge in [-0.1, -0.05) is 12.1 Å². The van der Waals surface area contributed by atoms with Crippen LogP contribution in [0.2, 0.25) is 0 Å². The molecular weight excluding hydrogens is 290 g/mol. The fraction of sp³-hybridized carbons (Fsp3) is 0.333. The lowest BCUT2D eigenvalue weighted by atomic mass is 10.2. The van der Waals surface area contributed by atoms with E-state index >= 15 is 0 Å². The average Bonchev–Trinajstić information content (AvgIpc) is 3.11. The van der Waals surface area contributed by atoms with Gasteiger partial charge in [-0.15, -0.1) is 0 Å². The van der Waals surface area contributed by atoms with Gasteiger partial charge in [-0.25, -0.2) is 4.98 Å². The Kier molecular flexibility index (Phi) is 4.46. The summed E-state index contributed by atoms with van der Waals surface area (Å²) in [7, 11) is 1.56. The van der Waals surface area contributed by atoms with Gasteiger partial charge in [-0.2, -0.15) is 0 Å². The normalized spacial score (nSPS) is 13.9. The second-order valence-corrected chi connectivity index (χ2v) is 5.65. The number of hydrogen-bond acceptors (Lipinski definition) is 4. The van der Waals surface area contributed by atoms with E-state index < -0.39 is 0 Å². The van der Waals surface area contributed by atoms with E-state index in [0.29, 0.717) is 11.3 Å². The number of benzene rings is 1. The van der Waals surface area contributed by atoms with E-state index in [9.17, 15) is 4.79 Å². The highest BCUT2D eigenvalue weighted by atomic mass is 16.5. The summed E-state index contributed by atoms with van der Waals surface area (Å²) < 4.78 is 5.24. The summed E-state index contributed by atoms with van der Waals surface area (Å²) in [4.78, 5) is 19.4. The number of rotatable bonds is 4. The first-order valence-corrected chi connectivity index (χ1v) is 7.86. The Labute approximate surface area is 136 Å². The van der Waals surface area contributed by atoms with Crippen molar-refractivity contribution < 1.29 is 9.53 Å². The van der Waals surface area contributed by atoms with Gasteiger partial charge in [0, 0.05) is 13.1 Å². The van der Waals surface area contributed by atoms with Crippen LogP contribution in [0.5, 0.6) is 5.75 Å². The number of aromatic nitrogens is 1. The zero-order valence-electron chi connectivity index (χ0n) is 13.5. The van der Waals surface area contributed by atoms with E-state index in [2.05, 4.69) is 15.2 Å². The lowest BCUT2D eigenvalue weighted by Gasteiger charge is -2.18. The Hall–Kier alpha value is -2.56. The second kappa shape index (κ2) is 6.69. The molecule has 0 aliphatic carbocycles. The van der Waals surface area contributed by atoms with Crippen LogP contribution in [0.25, 0.3) is 0 Å². The van der Waals surface area contributed by atoms with Crippen LogP contribution in [-0.4, -0.2) is 31.1 Å². The topological polar surface area (TPSA) is 54.5 Å². The SMILES string of the molecule is COc1ccccc1C(=O)Nc1ccc(N2CCCC2)nc1C. The number of nitrogens with zero attached hydrogens (tertiary/aromatic N) is 2. The molecule has 0 unspecified atom stereocenters. The predicted octanol–water partition coefficient (Wildman–Crippen LogP) is 3.25. The minimum Gasteiger partial charge on any atom is -0.496 e. The smallest absolute Gasteiger partial charge is 0.259 e. The van der Waals surface area contributed by atoms with Crippen LogP contribution < -0.4 is 15.0 Å². The first-order valence-electron chi connectivity index (χ1n) is 7.86. The molecule has 120 valence electrons. The number of methoxy groups -OCH3 is 1. The molecule has 2 heterocycles. The van der Waals surface area contributed by atoms with Gasteiger partial charge < -0.3 is 15.0 Å². The van der Waals surface area contributed by atoms with Crippen molar-refractivity contribution >= 4 is 17.4 Å². The first-order chi connectivity index (χ1) is 11.2. The van der Waals surface area contributed by atoms with Crippen LogP contribution in [-0.2, 0) is 0 Å². The van der Waals surface area contributed by atoms with Crippen LogP contribution >= 0.6 is 0 Å². The molecule has 1 aliphatic heterocycles. The van der Waals surface area contributed by atoms with Crippen LogP contribution in [0.1, 0.15) is 28.9 Å². The van der Waals surface area contributed by atoms with Crippen molar-refractivity contribution in [3.8, 4) is 5.75 Å². The van der Waals surface area contributed by atoms with Crippen molar-refractivity contribution in [3.05, 3.63) is 47.7 Å². The molecule has 1 N–H and O–H groups in total. The number of carbonyl (C=O) groups excluding carboxylic acids is 1. The predicted molar refractivity (Wildman–Crippen MR) is 91.4 cm³/mol. The summed E-state index contributed by atoms with van der Waals surface area (Å²) in [5.41, 5.74) is 2.06. The summed E-state index contributed by atoms with van der Waals surface area (Å²) in [6, 6.07) is 11.1. The molecule has 0 bridgehead atoms. The Bertz CT molecular complexity index is 709. The number of pyridine rings is 1. The van der Waals surface area contributed by atoms with Crippen molar-refractivity contribution in [2.75, 3.05) is 30.4 Å². The van der Waals surface area contributed by atoms with Crippen LogP contribution in [0.4, 0.5) is 11.5 Å². The molecule has 0 radical (unpaired) electrons. The van der Waals surface area contributed by atoms with E-state index in [1.54, 1.807) is 19.2 Å². The molecule has 1 fully saturated rings. The maximum atomic E-state index is 12.5. The lowest BCUT2D eigenvalue weighted by Crippen LogP contribution is -2.20. The fourth-order valence-electron chi connectivity index (χ4n) is 2.82. The van der Waals surface area contributed by atoms with Gasteiger partial charge in [0.2, 0.25) is 0 Å². The molecule has 0 spiro atoms. The van der Waals surface area contributed by atoms with Crippen molar-refractivity contribution in [2.45, 2.75) is 19.8 Å². The monoisotopic (exact) mass is 311 g/mol. The third kappa shape index (κ3) is 3.28. The van der Waals surface area contributed by atoms with E-state index in [4.69, 9.17) is 4.74 Å².